The molecule has 1 N–H and O–H groups in total. The minimum absolute atomic E-state index is 0.0523. The third kappa shape index (κ3) is 3.46. The molecule has 0 spiro atoms. The predicted molar refractivity (Wildman–Crippen MR) is 73.7 cm³/mol. The third-order valence-electron chi connectivity index (χ3n) is 2.89. The van der Waals surface area contributed by atoms with E-state index in [0.717, 1.165) is 30.7 Å². The Morgan fingerprint density at radius 3 is 2.83 bits per heavy atom. The lowest BCUT2D eigenvalue weighted by Gasteiger charge is -2.29. The predicted octanol–water partition coefficient (Wildman–Crippen LogP) is 1.65. The Morgan fingerprint density at radius 2 is 2.17 bits per heavy atom. The Hall–Kier alpha value is -1.07. The van der Waals surface area contributed by atoms with Gasteiger partial charge in [0.05, 0.1) is 0 Å². The second kappa shape index (κ2) is 6.20. The maximum atomic E-state index is 12.1. The Bertz CT molecular complexity index is 419. The van der Waals surface area contributed by atoms with Crippen LogP contribution in [0.2, 0.25) is 0 Å². The molecule has 4 nitrogen and oxygen atoms in total. The molecule has 1 unspecified atom stereocenters. The zero-order chi connectivity index (χ0) is 13.0. The van der Waals surface area contributed by atoms with Crippen LogP contribution in [0.1, 0.15) is 6.92 Å². The maximum Gasteiger partial charge on any atom is 0.263 e. The van der Waals surface area contributed by atoms with Gasteiger partial charge in [0.2, 0.25) is 0 Å². The van der Waals surface area contributed by atoms with Gasteiger partial charge in [-0.15, -0.1) is 0 Å². The van der Waals surface area contributed by atoms with Gasteiger partial charge in [0.15, 0.2) is 6.10 Å². The van der Waals surface area contributed by atoms with Crippen molar-refractivity contribution in [2.24, 2.45) is 0 Å². The second-order valence-corrected chi connectivity index (χ2v) is 5.21. The lowest BCUT2D eigenvalue weighted by atomic mass is 10.3. The molecule has 2 rings (SSSR count). The molecule has 1 aromatic rings. The molecular weight excluding hydrogens is 296 g/mol. The number of halogens is 1. The van der Waals surface area contributed by atoms with Crippen LogP contribution < -0.4 is 10.1 Å². The van der Waals surface area contributed by atoms with E-state index in [2.05, 4.69) is 21.2 Å². The minimum atomic E-state index is -0.447. The summed E-state index contributed by atoms with van der Waals surface area (Å²) in [4.78, 5) is 14.0. The van der Waals surface area contributed by atoms with Gasteiger partial charge >= 0.3 is 0 Å². The van der Waals surface area contributed by atoms with Crippen molar-refractivity contribution in [3.63, 3.8) is 0 Å². The molecule has 0 aromatic heterocycles. The molecule has 0 saturated carbocycles. The summed E-state index contributed by atoms with van der Waals surface area (Å²) in [6, 6.07) is 7.53. The van der Waals surface area contributed by atoms with Crippen LogP contribution in [-0.4, -0.2) is 43.1 Å². The number of hydrogen-bond donors (Lipinski definition) is 1. The van der Waals surface area contributed by atoms with Crippen LogP contribution in [0.4, 0.5) is 0 Å². The van der Waals surface area contributed by atoms with E-state index in [-0.39, 0.29) is 5.91 Å². The first kappa shape index (κ1) is 13.4. The van der Waals surface area contributed by atoms with Crippen LogP contribution in [0.15, 0.2) is 28.7 Å². The molecule has 1 amide bonds. The molecule has 0 radical (unpaired) electrons. The van der Waals surface area contributed by atoms with Gasteiger partial charge in [-0.2, -0.15) is 0 Å². The molecule has 1 aliphatic rings. The number of carbonyl (C=O) groups excluding carboxylic acids is 1. The quantitative estimate of drug-likeness (QED) is 0.922. The molecular formula is C13H17BrN2O2. The Kier molecular flexibility index (Phi) is 4.60. The molecule has 1 fully saturated rings. The molecule has 0 aliphatic carbocycles. The maximum absolute atomic E-state index is 12.1. The number of ether oxygens (including phenoxy) is 1. The second-order valence-electron chi connectivity index (χ2n) is 4.29. The van der Waals surface area contributed by atoms with Crippen LogP contribution in [-0.2, 0) is 4.79 Å². The van der Waals surface area contributed by atoms with Gasteiger partial charge in [0, 0.05) is 30.7 Å². The smallest absolute Gasteiger partial charge is 0.263 e. The fraction of sp³-hybridized carbons (Fsp3) is 0.462. The first-order valence-electron chi connectivity index (χ1n) is 6.08. The Morgan fingerprint density at radius 1 is 1.44 bits per heavy atom. The fourth-order valence-corrected chi connectivity index (χ4v) is 2.32. The van der Waals surface area contributed by atoms with E-state index in [1.165, 1.54) is 0 Å². The molecule has 1 atom stereocenters. The van der Waals surface area contributed by atoms with E-state index < -0.39 is 6.10 Å². The first-order valence-corrected chi connectivity index (χ1v) is 6.88. The number of hydrogen-bond acceptors (Lipinski definition) is 3. The van der Waals surface area contributed by atoms with Crippen molar-refractivity contribution in [1.82, 2.24) is 10.2 Å². The first-order chi connectivity index (χ1) is 8.66. The molecule has 1 saturated heterocycles. The van der Waals surface area contributed by atoms with E-state index >= 15 is 0 Å². The molecule has 1 heterocycles. The monoisotopic (exact) mass is 312 g/mol. The standard InChI is InChI=1S/C13H17BrN2O2/c1-10(13(17)16-7-5-15-6-8-16)18-12-4-2-3-11(14)9-12/h2-4,9-10,15H,5-8H2,1H3. The summed E-state index contributed by atoms with van der Waals surface area (Å²) >= 11 is 3.38. The number of benzene rings is 1. The SMILES string of the molecule is CC(Oc1cccc(Br)c1)C(=O)N1CCNCC1. The average Bonchev–Trinajstić information content (AvgIpc) is 2.39. The molecule has 1 aliphatic heterocycles. The van der Waals surface area contributed by atoms with Crippen LogP contribution in [0.25, 0.3) is 0 Å². The van der Waals surface area contributed by atoms with Gasteiger partial charge in [0.1, 0.15) is 5.75 Å². The van der Waals surface area contributed by atoms with E-state index in [0.29, 0.717) is 5.75 Å². The highest BCUT2D eigenvalue weighted by molar-refractivity contribution is 9.10. The number of carbonyl (C=O) groups is 1. The van der Waals surface area contributed by atoms with Crippen LogP contribution in [0.5, 0.6) is 5.75 Å². The topological polar surface area (TPSA) is 41.6 Å². The largest absolute Gasteiger partial charge is 0.481 e. The van der Waals surface area contributed by atoms with E-state index in [1.807, 2.05) is 29.2 Å². The fourth-order valence-electron chi connectivity index (χ4n) is 1.94. The van der Waals surface area contributed by atoms with Crippen LogP contribution >= 0.6 is 15.9 Å². The van der Waals surface area contributed by atoms with Crippen molar-refractivity contribution in [3.8, 4) is 5.75 Å². The van der Waals surface area contributed by atoms with Crippen molar-refractivity contribution >= 4 is 21.8 Å². The third-order valence-corrected chi connectivity index (χ3v) is 3.38. The number of rotatable bonds is 3. The number of amides is 1. The number of nitrogens with one attached hydrogen (secondary N) is 1. The Labute approximate surface area is 115 Å². The highest BCUT2D eigenvalue weighted by atomic mass is 79.9. The summed E-state index contributed by atoms with van der Waals surface area (Å²) in [6.07, 6.45) is -0.447. The highest BCUT2D eigenvalue weighted by Crippen LogP contribution is 2.19. The van der Waals surface area contributed by atoms with Gasteiger partial charge in [-0.05, 0) is 25.1 Å². The minimum Gasteiger partial charge on any atom is -0.481 e. The molecule has 0 bridgehead atoms. The van der Waals surface area contributed by atoms with E-state index in [9.17, 15) is 4.79 Å². The van der Waals surface area contributed by atoms with Crippen molar-refractivity contribution in [2.45, 2.75) is 13.0 Å². The molecule has 5 heteroatoms. The van der Waals surface area contributed by atoms with Gasteiger partial charge in [-0.25, -0.2) is 0 Å². The highest BCUT2D eigenvalue weighted by Gasteiger charge is 2.23. The van der Waals surface area contributed by atoms with Crippen molar-refractivity contribution in [1.29, 1.82) is 0 Å². The van der Waals surface area contributed by atoms with Crippen LogP contribution in [0, 0.1) is 0 Å². The Balaban J connectivity index is 1.94. The molecule has 1 aromatic carbocycles. The van der Waals surface area contributed by atoms with Gasteiger partial charge in [0.25, 0.3) is 5.91 Å². The zero-order valence-electron chi connectivity index (χ0n) is 10.4. The lowest BCUT2D eigenvalue weighted by molar-refractivity contribution is -0.138. The summed E-state index contributed by atoms with van der Waals surface area (Å²) in [6.45, 7) is 5.02. The van der Waals surface area contributed by atoms with E-state index in [4.69, 9.17) is 4.74 Å². The normalized spacial score (nSPS) is 17.3. The summed E-state index contributed by atoms with van der Waals surface area (Å²) in [5.74, 6) is 0.761. The summed E-state index contributed by atoms with van der Waals surface area (Å²) < 4.78 is 6.61. The number of nitrogens with zero attached hydrogens (tertiary/aromatic N) is 1. The van der Waals surface area contributed by atoms with Gasteiger partial charge in [-0.3, -0.25) is 4.79 Å². The van der Waals surface area contributed by atoms with E-state index in [1.54, 1.807) is 6.92 Å². The zero-order valence-corrected chi connectivity index (χ0v) is 11.9. The summed E-state index contributed by atoms with van der Waals surface area (Å²) in [5, 5.41) is 3.22. The summed E-state index contributed by atoms with van der Waals surface area (Å²) in [7, 11) is 0. The lowest BCUT2D eigenvalue weighted by Crippen LogP contribution is -2.50. The molecule has 98 valence electrons. The van der Waals surface area contributed by atoms with Gasteiger partial charge in [-0.1, -0.05) is 22.0 Å². The molecule has 18 heavy (non-hydrogen) atoms. The number of piperazine rings is 1. The van der Waals surface area contributed by atoms with Crippen molar-refractivity contribution in [2.75, 3.05) is 26.2 Å². The van der Waals surface area contributed by atoms with Gasteiger partial charge < -0.3 is 15.0 Å². The van der Waals surface area contributed by atoms with Crippen molar-refractivity contribution in [3.05, 3.63) is 28.7 Å². The van der Waals surface area contributed by atoms with Crippen LogP contribution in [0.3, 0.4) is 0 Å². The van der Waals surface area contributed by atoms with Crippen molar-refractivity contribution < 1.29 is 9.53 Å². The average molecular weight is 313 g/mol. The summed E-state index contributed by atoms with van der Waals surface area (Å²) in [5.41, 5.74) is 0.